The van der Waals surface area contributed by atoms with Crippen molar-refractivity contribution in [1.82, 2.24) is 0 Å². The number of hydrogen-bond donors (Lipinski definition) is 3. The van der Waals surface area contributed by atoms with Crippen LogP contribution in [-0.2, 0) is 4.74 Å². The Balaban J connectivity index is 2.47. The predicted octanol–water partition coefficient (Wildman–Crippen LogP) is 2.00. The summed E-state index contributed by atoms with van der Waals surface area (Å²) in [7, 11) is 0. The molecule has 0 aliphatic rings. The van der Waals surface area contributed by atoms with Crippen molar-refractivity contribution in [2.75, 3.05) is 37.4 Å². The highest BCUT2D eigenvalue weighted by molar-refractivity contribution is 6.39. The lowest BCUT2D eigenvalue weighted by Gasteiger charge is -2.11. The van der Waals surface area contributed by atoms with E-state index in [0.29, 0.717) is 41.2 Å². The van der Waals surface area contributed by atoms with Crippen molar-refractivity contribution in [1.29, 1.82) is 0 Å². The molecule has 1 aromatic carbocycles. The lowest BCUT2D eigenvalue weighted by atomic mass is 10.3. The fourth-order valence-corrected chi connectivity index (χ4v) is 1.81. The van der Waals surface area contributed by atoms with Gasteiger partial charge in [0.05, 0.1) is 35.6 Å². The number of anilines is 2. The van der Waals surface area contributed by atoms with Gasteiger partial charge in [0.2, 0.25) is 0 Å². The van der Waals surface area contributed by atoms with Gasteiger partial charge in [-0.05, 0) is 12.1 Å². The van der Waals surface area contributed by atoms with Crippen molar-refractivity contribution in [2.24, 2.45) is 0 Å². The normalized spacial score (nSPS) is 10.4. The molecule has 0 heterocycles. The van der Waals surface area contributed by atoms with Crippen LogP contribution in [0.4, 0.5) is 11.4 Å². The van der Waals surface area contributed by atoms with Gasteiger partial charge in [-0.3, -0.25) is 0 Å². The molecule has 4 nitrogen and oxygen atoms in total. The fraction of sp³-hybridized carbons (Fsp3) is 0.400. The van der Waals surface area contributed by atoms with Crippen LogP contribution in [0.25, 0.3) is 0 Å². The Labute approximate surface area is 104 Å². The van der Waals surface area contributed by atoms with Crippen LogP contribution in [-0.4, -0.2) is 31.5 Å². The van der Waals surface area contributed by atoms with Crippen molar-refractivity contribution in [3.63, 3.8) is 0 Å². The number of rotatable bonds is 6. The topological polar surface area (TPSA) is 67.5 Å². The largest absolute Gasteiger partial charge is 0.399 e. The Morgan fingerprint density at radius 3 is 2.44 bits per heavy atom. The molecule has 0 atom stereocenters. The van der Waals surface area contributed by atoms with Gasteiger partial charge < -0.3 is 20.9 Å². The fourth-order valence-electron chi connectivity index (χ4n) is 1.18. The summed E-state index contributed by atoms with van der Waals surface area (Å²) in [6, 6.07) is 3.26. The number of ether oxygens (including phenoxy) is 1. The Morgan fingerprint density at radius 2 is 1.88 bits per heavy atom. The number of nitrogens with two attached hydrogens (primary N) is 1. The van der Waals surface area contributed by atoms with Crippen molar-refractivity contribution in [2.45, 2.75) is 0 Å². The first kappa shape index (κ1) is 13.4. The molecule has 0 aliphatic heterocycles. The van der Waals surface area contributed by atoms with E-state index in [-0.39, 0.29) is 6.61 Å². The van der Waals surface area contributed by atoms with Gasteiger partial charge in [0, 0.05) is 12.2 Å². The van der Waals surface area contributed by atoms with Gasteiger partial charge in [-0.1, -0.05) is 23.2 Å². The van der Waals surface area contributed by atoms with Crippen LogP contribution in [0.15, 0.2) is 12.1 Å². The average Bonchev–Trinajstić information content (AvgIpc) is 2.20. The Kier molecular flexibility index (Phi) is 5.69. The third kappa shape index (κ3) is 4.06. The highest BCUT2D eigenvalue weighted by Crippen LogP contribution is 2.32. The number of hydrogen-bond acceptors (Lipinski definition) is 4. The zero-order chi connectivity index (χ0) is 12.0. The van der Waals surface area contributed by atoms with Gasteiger partial charge in [0.1, 0.15) is 0 Å². The summed E-state index contributed by atoms with van der Waals surface area (Å²) in [5.74, 6) is 0. The zero-order valence-corrected chi connectivity index (χ0v) is 10.2. The maximum absolute atomic E-state index is 8.50. The molecular formula is C10H14Cl2N2O2. The highest BCUT2D eigenvalue weighted by Gasteiger charge is 2.06. The minimum Gasteiger partial charge on any atom is -0.399 e. The van der Waals surface area contributed by atoms with Crippen LogP contribution in [0.3, 0.4) is 0 Å². The molecule has 0 saturated carbocycles. The number of aliphatic hydroxyl groups is 1. The molecule has 1 rings (SSSR count). The minimum absolute atomic E-state index is 0.0172. The van der Waals surface area contributed by atoms with E-state index < -0.39 is 0 Å². The molecule has 0 radical (unpaired) electrons. The maximum atomic E-state index is 8.50. The quantitative estimate of drug-likeness (QED) is 0.543. The summed E-state index contributed by atoms with van der Waals surface area (Å²) >= 11 is 11.9. The van der Waals surface area contributed by atoms with Gasteiger partial charge in [0.15, 0.2) is 0 Å². The van der Waals surface area contributed by atoms with Crippen LogP contribution < -0.4 is 11.1 Å². The van der Waals surface area contributed by atoms with E-state index in [1.165, 1.54) is 0 Å². The molecular weight excluding hydrogens is 251 g/mol. The lowest BCUT2D eigenvalue weighted by Crippen LogP contribution is -2.11. The van der Waals surface area contributed by atoms with Gasteiger partial charge in [-0.25, -0.2) is 0 Å². The standard InChI is InChI=1S/C10H14Cl2N2O2/c11-8-5-7(13)6-9(12)10(8)14-1-3-16-4-2-15/h5-6,14-15H,1-4,13H2. The summed E-state index contributed by atoms with van der Waals surface area (Å²) in [6.45, 7) is 1.37. The number of aliphatic hydroxyl groups excluding tert-OH is 1. The third-order valence-corrected chi connectivity index (χ3v) is 2.44. The molecule has 0 fully saturated rings. The number of nitrogen functional groups attached to an aromatic ring is 1. The maximum Gasteiger partial charge on any atom is 0.0721 e. The second-order valence-electron chi connectivity index (χ2n) is 3.12. The van der Waals surface area contributed by atoms with Gasteiger partial charge >= 0.3 is 0 Å². The Hall–Kier alpha value is -0.680. The van der Waals surface area contributed by atoms with Crippen molar-refractivity contribution in [3.8, 4) is 0 Å². The first-order valence-electron chi connectivity index (χ1n) is 4.82. The smallest absolute Gasteiger partial charge is 0.0721 e. The second kappa shape index (κ2) is 6.81. The number of nitrogens with one attached hydrogen (secondary N) is 1. The van der Waals surface area contributed by atoms with E-state index in [9.17, 15) is 0 Å². The SMILES string of the molecule is Nc1cc(Cl)c(NCCOCCO)c(Cl)c1. The molecule has 4 N–H and O–H groups in total. The van der Waals surface area contributed by atoms with E-state index in [1.54, 1.807) is 12.1 Å². The molecule has 6 heteroatoms. The van der Waals surface area contributed by atoms with Gasteiger partial charge in [-0.15, -0.1) is 0 Å². The van der Waals surface area contributed by atoms with Crippen LogP contribution in [0.1, 0.15) is 0 Å². The molecule has 0 aliphatic carbocycles. The highest BCUT2D eigenvalue weighted by atomic mass is 35.5. The number of halogens is 2. The summed E-state index contributed by atoms with van der Waals surface area (Å²) < 4.78 is 5.08. The molecule has 1 aromatic rings. The van der Waals surface area contributed by atoms with E-state index in [4.69, 9.17) is 38.8 Å². The van der Waals surface area contributed by atoms with E-state index >= 15 is 0 Å². The van der Waals surface area contributed by atoms with Crippen LogP contribution in [0, 0.1) is 0 Å². The summed E-state index contributed by atoms with van der Waals surface area (Å²) in [5, 5.41) is 12.5. The van der Waals surface area contributed by atoms with E-state index in [1.807, 2.05) is 0 Å². The van der Waals surface area contributed by atoms with Gasteiger partial charge in [-0.2, -0.15) is 0 Å². The molecule has 0 spiro atoms. The second-order valence-corrected chi connectivity index (χ2v) is 3.94. The molecule has 0 saturated heterocycles. The Bertz CT molecular complexity index is 325. The van der Waals surface area contributed by atoms with Crippen molar-refractivity contribution < 1.29 is 9.84 Å². The monoisotopic (exact) mass is 264 g/mol. The molecule has 16 heavy (non-hydrogen) atoms. The van der Waals surface area contributed by atoms with Crippen molar-refractivity contribution >= 4 is 34.6 Å². The van der Waals surface area contributed by atoms with E-state index in [0.717, 1.165) is 0 Å². The summed E-state index contributed by atoms with van der Waals surface area (Å²) in [4.78, 5) is 0. The predicted molar refractivity (Wildman–Crippen MR) is 67.3 cm³/mol. The molecule has 90 valence electrons. The molecule has 0 bridgehead atoms. The van der Waals surface area contributed by atoms with Crippen molar-refractivity contribution in [3.05, 3.63) is 22.2 Å². The van der Waals surface area contributed by atoms with Gasteiger partial charge in [0.25, 0.3) is 0 Å². The summed E-state index contributed by atoms with van der Waals surface area (Å²) in [5.41, 5.74) is 6.74. The van der Waals surface area contributed by atoms with Crippen LogP contribution in [0.2, 0.25) is 10.0 Å². The lowest BCUT2D eigenvalue weighted by molar-refractivity contribution is 0.0992. The van der Waals surface area contributed by atoms with Crippen LogP contribution >= 0.6 is 23.2 Å². The zero-order valence-electron chi connectivity index (χ0n) is 8.67. The van der Waals surface area contributed by atoms with E-state index in [2.05, 4.69) is 5.32 Å². The molecule has 0 aromatic heterocycles. The molecule has 0 unspecified atom stereocenters. The first-order valence-corrected chi connectivity index (χ1v) is 5.57. The molecule has 0 amide bonds. The summed E-state index contributed by atoms with van der Waals surface area (Å²) in [6.07, 6.45) is 0. The number of benzene rings is 1. The first-order chi connectivity index (χ1) is 7.65. The van der Waals surface area contributed by atoms with Crippen LogP contribution in [0.5, 0.6) is 0 Å². The third-order valence-electron chi connectivity index (χ3n) is 1.85. The average molecular weight is 265 g/mol. The Morgan fingerprint density at radius 1 is 1.25 bits per heavy atom. The minimum atomic E-state index is 0.0172.